The number of aryl methyl sites for hydroxylation is 1. The average Bonchev–Trinajstić information content (AvgIpc) is 2.28. The zero-order chi connectivity index (χ0) is 12.8. The maximum absolute atomic E-state index is 13.3. The highest BCUT2D eigenvalue weighted by Gasteiger charge is 1.99. The molecule has 1 aromatic carbocycles. The van der Waals surface area contributed by atoms with E-state index in [9.17, 15) is 4.39 Å². The van der Waals surface area contributed by atoms with Crippen LogP contribution in [0.4, 0.5) is 4.39 Å². The van der Waals surface area contributed by atoms with Gasteiger partial charge in [-0.1, -0.05) is 26.0 Å². The summed E-state index contributed by atoms with van der Waals surface area (Å²) in [7, 11) is 0. The van der Waals surface area contributed by atoms with Gasteiger partial charge < -0.3 is 11.1 Å². The highest BCUT2D eigenvalue weighted by Crippen LogP contribution is 2.09. The van der Waals surface area contributed by atoms with Gasteiger partial charge in [-0.15, -0.1) is 24.0 Å². The van der Waals surface area contributed by atoms with E-state index in [4.69, 9.17) is 5.73 Å². The Kier molecular flexibility index (Phi) is 7.90. The summed E-state index contributed by atoms with van der Waals surface area (Å²) < 4.78 is 13.3. The van der Waals surface area contributed by atoms with Gasteiger partial charge in [0, 0.05) is 6.54 Å². The largest absolute Gasteiger partial charge is 0.370 e. The van der Waals surface area contributed by atoms with Crippen molar-refractivity contribution in [3.8, 4) is 0 Å². The van der Waals surface area contributed by atoms with Crippen molar-refractivity contribution < 1.29 is 4.39 Å². The van der Waals surface area contributed by atoms with Crippen LogP contribution in [0.1, 0.15) is 25.0 Å². The molecule has 0 amide bonds. The SMILES string of the molecule is Cc1ccc(CN=C(N)NCC(C)C)cc1F.I. The second kappa shape index (κ2) is 8.29. The Morgan fingerprint density at radius 1 is 1.44 bits per heavy atom. The van der Waals surface area contributed by atoms with Crippen LogP contribution < -0.4 is 11.1 Å². The first-order chi connectivity index (χ1) is 7.99. The third-order valence-electron chi connectivity index (χ3n) is 2.36. The van der Waals surface area contributed by atoms with Crippen molar-refractivity contribution in [3.05, 3.63) is 35.1 Å². The van der Waals surface area contributed by atoms with Crippen LogP contribution in [0.5, 0.6) is 0 Å². The minimum atomic E-state index is -0.202. The standard InChI is InChI=1S/C13H20FN3.HI/c1-9(2)7-16-13(15)17-8-11-5-4-10(3)12(14)6-11;/h4-6,9H,7-8H2,1-3H3,(H3,15,16,17);1H. The van der Waals surface area contributed by atoms with Crippen molar-refractivity contribution in [2.45, 2.75) is 27.3 Å². The second-order valence-electron chi connectivity index (χ2n) is 4.56. The van der Waals surface area contributed by atoms with Crippen LogP contribution in [0.2, 0.25) is 0 Å². The molecule has 0 aliphatic rings. The van der Waals surface area contributed by atoms with Gasteiger partial charge in [0.2, 0.25) is 0 Å². The molecule has 0 saturated heterocycles. The summed E-state index contributed by atoms with van der Waals surface area (Å²) in [4.78, 5) is 4.15. The Hall–Kier alpha value is -0.850. The molecule has 0 heterocycles. The van der Waals surface area contributed by atoms with E-state index in [1.807, 2.05) is 6.07 Å². The van der Waals surface area contributed by atoms with Crippen LogP contribution in [-0.4, -0.2) is 12.5 Å². The fourth-order valence-corrected chi connectivity index (χ4v) is 1.28. The van der Waals surface area contributed by atoms with Gasteiger partial charge >= 0.3 is 0 Å². The van der Waals surface area contributed by atoms with Crippen molar-refractivity contribution in [2.24, 2.45) is 16.6 Å². The first kappa shape index (κ1) is 17.2. The molecule has 5 heteroatoms. The molecular formula is C13H21FIN3. The van der Waals surface area contributed by atoms with Gasteiger partial charge in [0.25, 0.3) is 0 Å². The Morgan fingerprint density at radius 3 is 2.67 bits per heavy atom. The summed E-state index contributed by atoms with van der Waals surface area (Å²) in [5.41, 5.74) is 7.15. The van der Waals surface area contributed by atoms with Gasteiger partial charge in [0.1, 0.15) is 5.82 Å². The van der Waals surface area contributed by atoms with Crippen molar-refractivity contribution in [1.29, 1.82) is 0 Å². The molecule has 0 bridgehead atoms. The van der Waals surface area contributed by atoms with E-state index < -0.39 is 0 Å². The third kappa shape index (κ3) is 6.18. The quantitative estimate of drug-likeness (QED) is 0.490. The van der Waals surface area contributed by atoms with Crippen LogP contribution in [0, 0.1) is 18.7 Å². The van der Waals surface area contributed by atoms with Gasteiger partial charge in [-0.3, -0.25) is 0 Å². The van der Waals surface area contributed by atoms with E-state index in [-0.39, 0.29) is 29.8 Å². The molecule has 3 N–H and O–H groups in total. The van der Waals surface area contributed by atoms with Crippen molar-refractivity contribution >= 4 is 29.9 Å². The number of hydrogen-bond acceptors (Lipinski definition) is 1. The molecule has 0 radical (unpaired) electrons. The van der Waals surface area contributed by atoms with Crippen LogP contribution >= 0.6 is 24.0 Å². The Bertz CT molecular complexity index is 405. The molecule has 0 spiro atoms. The number of hydrogen-bond donors (Lipinski definition) is 2. The molecule has 0 aliphatic heterocycles. The number of benzene rings is 1. The number of aliphatic imine (C=N–C) groups is 1. The lowest BCUT2D eigenvalue weighted by Crippen LogP contribution is -2.34. The fraction of sp³-hybridized carbons (Fsp3) is 0.462. The molecule has 0 aliphatic carbocycles. The lowest BCUT2D eigenvalue weighted by Gasteiger charge is -2.08. The maximum atomic E-state index is 13.3. The summed E-state index contributed by atoms with van der Waals surface area (Å²) in [5, 5.41) is 3.01. The molecule has 0 fully saturated rings. The third-order valence-corrected chi connectivity index (χ3v) is 2.36. The van der Waals surface area contributed by atoms with E-state index >= 15 is 0 Å². The number of guanidine groups is 1. The molecule has 18 heavy (non-hydrogen) atoms. The van der Waals surface area contributed by atoms with Gasteiger partial charge in [-0.2, -0.15) is 0 Å². The molecular weight excluding hydrogens is 344 g/mol. The minimum Gasteiger partial charge on any atom is -0.370 e. The number of rotatable bonds is 4. The topological polar surface area (TPSA) is 50.4 Å². The normalized spacial score (nSPS) is 11.3. The molecule has 1 rings (SSSR count). The number of nitrogens with zero attached hydrogens (tertiary/aromatic N) is 1. The summed E-state index contributed by atoms with van der Waals surface area (Å²) in [6.45, 7) is 7.11. The summed E-state index contributed by atoms with van der Waals surface area (Å²) in [5.74, 6) is 0.715. The highest BCUT2D eigenvalue weighted by molar-refractivity contribution is 14.0. The highest BCUT2D eigenvalue weighted by atomic mass is 127. The van der Waals surface area contributed by atoms with Crippen molar-refractivity contribution in [2.75, 3.05) is 6.54 Å². The Labute approximate surface area is 125 Å². The maximum Gasteiger partial charge on any atom is 0.188 e. The predicted octanol–water partition coefficient (Wildman–Crippen LogP) is 2.81. The predicted molar refractivity (Wildman–Crippen MR) is 84.7 cm³/mol. The number of nitrogens with two attached hydrogens (primary N) is 1. The van der Waals surface area contributed by atoms with Crippen LogP contribution in [0.15, 0.2) is 23.2 Å². The summed E-state index contributed by atoms with van der Waals surface area (Å²) in [6, 6.07) is 5.10. The molecule has 3 nitrogen and oxygen atoms in total. The van der Waals surface area contributed by atoms with Gasteiger partial charge in [0.05, 0.1) is 6.54 Å². The van der Waals surface area contributed by atoms with E-state index in [1.165, 1.54) is 6.07 Å². The van der Waals surface area contributed by atoms with Crippen LogP contribution in [0.3, 0.4) is 0 Å². The van der Waals surface area contributed by atoms with E-state index in [1.54, 1.807) is 13.0 Å². The Morgan fingerprint density at radius 2 is 2.11 bits per heavy atom. The first-order valence-corrected chi connectivity index (χ1v) is 5.78. The zero-order valence-electron chi connectivity index (χ0n) is 11.0. The van der Waals surface area contributed by atoms with Crippen molar-refractivity contribution in [1.82, 2.24) is 5.32 Å². The van der Waals surface area contributed by atoms with Gasteiger partial charge in [-0.25, -0.2) is 9.38 Å². The van der Waals surface area contributed by atoms with Crippen LogP contribution in [0.25, 0.3) is 0 Å². The Balaban J connectivity index is 0.00000289. The molecule has 102 valence electrons. The number of halogens is 2. The lowest BCUT2D eigenvalue weighted by molar-refractivity contribution is 0.615. The van der Waals surface area contributed by atoms with Crippen molar-refractivity contribution in [3.63, 3.8) is 0 Å². The van der Waals surface area contributed by atoms with E-state index in [0.29, 0.717) is 24.0 Å². The monoisotopic (exact) mass is 365 g/mol. The smallest absolute Gasteiger partial charge is 0.188 e. The molecule has 1 aromatic rings. The molecule has 0 atom stereocenters. The molecule has 0 aromatic heterocycles. The molecule has 0 saturated carbocycles. The number of nitrogens with one attached hydrogen (secondary N) is 1. The zero-order valence-corrected chi connectivity index (χ0v) is 13.4. The van der Waals surface area contributed by atoms with Gasteiger partial charge in [0.15, 0.2) is 5.96 Å². The van der Waals surface area contributed by atoms with Gasteiger partial charge in [-0.05, 0) is 30.0 Å². The average molecular weight is 365 g/mol. The fourth-order valence-electron chi connectivity index (χ4n) is 1.28. The second-order valence-corrected chi connectivity index (χ2v) is 4.56. The minimum absolute atomic E-state index is 0. The van der Waals surface area contributed by atoms with Crippen LogP contribution in [-0.2, 0) is 6.54 Å². The summed E-state index contributed by atoms with van der Waals surface area (Å²) >= 11 is 0. The first-order valence-electron chi connectivity index (χ1n) is 5.78. The van der Waals surface area contributed by atoms with E-state index in [2.05, 4.69) is 24.2 Å². The lowest BCUT2D eigenvalue weighted by atomic mass is 10.1. The summed E-state index contributed by atoms with van der Waals surface area (Å²) in [6.07, 6.45) is 0. The van der Waals surface area contributed by atoms with E-state index in [0.717, 1.165) is 12.1 Å². The molecule has 0 unspecified atom stereocenters.